The molecule has 7 nitrogen and oxygen atoms in total. The van der Waals surface area contributed by atoms with Gasteiger partial charge in [0.1, 0.15) is 11.6 Å². The number of aromatic nitrogens is 2. The first-order chi connectivity index (χ1) is 9.89. The largest absolute Gasteiger partial charge is 0.494 e. The Kier molecular flexibility index (Phi) is 4.14. The number of aryl methyl sites for hydroxylation is 1. The molecule has 0 spiro atoms. The third kappa shape index (κ3) is 2.98. The molecule has 9 heteroatoms. The standard InChI is InChI=1S/C12H14FN3O4S/c1-7-9(6-17)12(15-14-7)21(18,19)16-10-4-3-8(13)5-11(10)20-2/h3-5,16-17H,6H2,1-2H3,(H,14,15). The number of aliphatic hydroxyl groups is 1. The highest BCUT2D eigenvalue weighted by molar-refractivity contribution is 7.92. The summed E-state index contributed by atoms with van der Waals surface area (Å²) in [7, 11) is -2.74. The molecule has 0 aliphatic carbocycles. The van der Waals surface area contributed by atoms with Crippen LogP contribution in [0.5, 0.6) is 5.75 Å². The van der Waals surface area contributed by atoms with Crippen molar-refractivity contribution in [3.05, 3.63) is 35.3 Å². The highest BCUT2D eigenvalue weighted by Gasteiger charge is 2.24. The monoisotopic (exact) mass is 315 g/mol. The molecule has 0 atom stereocenters. The topological polar surface area (TPSA) is 104 Å². The SMILES string of the molecule is COc1cc(F)ccc1NS(=O)(=O)c1n[nH]c(C)c1CO. The van der Waals surface area contributed by atoms with Gasteiger partial charge in [0.25, 0.3) is 10.0 Å². The minimum Gasteiger partial charge on any atom is -0.494 e. The van der Waals surface area contributed by atoms with Gasteiger partial charge in [0, 0.05) is 17.3 Å². The Morgan fingerprint density at radius 2 is 2.19 bits per heavy atom. The first kappa shape index (κ1) is 15.3. The van der Waals surface area contributed by atoms with Crippen molar-refractivity contribution >= 4 is 15.7 Å². The second-order valence-electron chi connectivity index (χ2n) is 4.24. The number of H-pyrrole nitrogens is 1. The van der Waals surface area contributed by atoms with Crippen LogP contribution in [-0.2, 0) is 16.6 Å². The second kappa shape index (κ2) is 5.70. The summed E-state index contributed by atoms with van der Waals surface area (Å²) in [6, 6.07) is 3.40. The van der Waals surface area contributed by atoms with Crippen LogP contribution in [0.4, 0.5) is 10.1 Å². The predicted octanol–water partition coefficient (Wildman–Crippen LogP) is 1.16. The smallest absolute Gasteiger partial charge is 0.281 e. The molecule has 0 saturated heterocycles. The van der Waals surface area contributed by atoms with E-state index in [1.165, 1.54) is 13.2 Å². The lowest BCUT2D eigenvalue weighted by Gasteiger charge is -2.11. The molecule has 0 fully saturated rings. The number of sulfonamides is 1. The quantitative estimate of drug-likeness (QED) is 0.768. The Balaban J connectivity index is 2.42. The number of halogens is 1. The van der Waals surface area contributed by atoms with E-state index in [1.54, 1.807) is 6.92 Å². The van der Waals surface area contributed by atoms with Crippen molar-refractivity contribution in [3.8, 4) is 5.75 Å². The minimum absolute atomic E-state index is 0.0383. The molecule has 0 radical (unpaired) electrons. The molecular weight excluding hydrogens is 301 g/mol. The van der Waals surface area contributed by atoms with Crippen molar-refractivity contribution in [3.63, 3.8) is 0 Å². The van der Waals surface area contributed by atoms with E-state index in [1.807, 2.05) is 0 Å². The van der Waals surface area contributed by atoms with E-state index in [0.717, 1.165) is 12.1 Å². The van der Waals surface area contributed by atoms with Gasteiger partial charge in [0.15, 0.2) is 0 Å². The summed E-state index contributed by atoms with van der Waals surface area (Å²) in [5.41, 5.74) is 0.691. The number of aromatic amines is 1. The molecule has 114 valence electrons. The molecule has 3 N–H and O–H groups in total. The van der Waals surface area contributed by atoms with Gasteiger partial charge in [-0.1, -0.05) is 0 Å². The highest BCUT2D eigenvalue weighted by Crippen LogP contribution is 2.28. The first-order valence-corrected chi connectivity index (χ1v) is 7.38. The fourth-order valence-electron chi connectivity index (χ4n) is 1.78. The number of anilines is 1. The summed E-state index contributed by atoms with van der Waals surface area (Å²) in [6.07, 6.45) is 0. The average molecular weight is 315 g/mol. The molecule has 0 bridgehead atoms. The molecule has 0 aliphatic rings. The third-order valence-electron chi connectivity index (χ3n) is 2.86. The number of hydrogen-bond donors (Lipinski definition) is 3. The molecule has 2 aromatic rings. The van der Waals surface area contributed by atoms with Gasteiger partial charge in [-0.05, 0) is 19.1 Å². The van der Waals surface area contributed by atoms with Gasteiger partial charge in [0.2, 0.25) is 5.03 Å². The van der Waals surface area contributed by atoms with E-state index in [4.69, 9.17) is 4.74 Å². The van der Waals surface area contributed by atoms with Crippen molar-refractivity contribution in [1.82, 2.24) is 10.2 Å². The van der Waals surface area contributed by atoms with E-state index in [2.05, 4.69) is 14.9 Å². The fourth-order valence-corrected chi connectivity index (χ4v) is 3.04. The molecule has 1 aromatic carbocycles. The number of nitrogens with one attached hydrogen (secondary N) is 2. The van der Waals surface area contributed by atoms with Crippen LogP contribution >= 0.6 is 0 Å². The number of hydrogen-bond acceptors (Lipinski definition) is 5. The maximum atomic E-state index is 13.1. The predicted molar refractivity (Wildman–Crippen MR) is 73.0 cm³/mol. The van der Waals surface area contributed by atoms with Gasteiger partial charge in [-0.3, -0.25) is 9.82 Å². The summed E-state index contributed by atoms with van der Waals surface area (Å²) in [6.45, 7) is 1.12. The Labute approximate surface area is 120 Å². The van der Waals surface area contributed by atoms with Crippen LogP contribution in [0.25, 0.3) is 0 Å². The molecule has 1 heterocycles. The first-order valence-electron chi connectivity index (χ1n) is 5.90. The zero-order valence-electron chi connectivity index (χ0n) is 11.3. The zero-order valence-corrected chi connectivity index (χ0v) is 12.2. The van der Waals surface area contributed by atoms with E-state index in [9.17, 15) is 17.9 Å². The number of benzene rings is 1. The lowest BCUT2D eigenvalue weighted by atomic mass is 10.3. The average Bonchev–Trinajstić information content (AvgIpc) is 2.82. The van der Waals surface area contributed by atoms with Crippen LogP contribution in [0.15, 0.2) is 23.2 Å². The zero-order chi connectivity index (χ0) is 15.6. The van der Waals surface area contributed by atoms with Gasteiger partial charge >= 0.3 is 0 Å². The maximum absolute atomic E-state index is 13.1. The van der Waals surface area contributed by atoms with E-state index in [0.29, 0.717) is 5.69 Å². The molecule has 1 aromatic heterocycles. The molecule has 21 heavy (non-hydrogen) atoms. The Morgan fingerprint density at radius 3 is 2.81 bits per heavy atom. The van der Waals surface area contributed by atoms with Crippen molar-refractivity contribution in [2.75, 3.05) is 11.8 Å². The van der Waals surface area contributed by atoms with Gasteiger partial charge in [-0.2, -0.15) is 13.5 Å². The molecular formula is C12H14FN3O4S. The van der Waals surface area contributed by atoms with E-state index >= 15 is 0 Å². The van der Waals surface area contributed by atoms with Crippen LogP contribution in [0.3, 0.4) is 0 Å². The maximum Gasteiger partial charge on any atom is 0.281 e. The van der Waals surface area contributed by atoms with Crippen LogP contribution < -0.4 is 9.46 Å². The van der Waals surface area contributed by atoms with E-state index in [-0.39, 0.29) is 22.0 Å². The lowest BCUT2D eigenvalue weighted by Crippen LogP contribution is -2.16. The van der Waals surface area contributed by atoms with Gasteiger partial charge in [0.05, 0.1) is 19.4 Å². The number of rotatable bonds is 5. The van der Waals surface area contributed by atoms with Crippen LogP contribution in [0, 0.1) is 12.7 Å². The summed E-state index contributed by atoms with van der Waals surface area (Å²) < 4.78 is 44.9. The van der Waals surface area contributed by atoms with Gasteiger partial charge in [-0.15, -0.1) is 0 Å². The Morgan fingerprint density at radius 1 is 1.48 bits per heavy atom. The summed E-state index contributed by atoms with van der Waals surface area (Å²) >= 11 is 0. The van der Waals surface area contributed by atoms with Gasteiger partial charge < -0.3 is 9.84 Å². The fraction of sp³-hybridized carbons (Fsp3) is 0.250. The van der Waals surface area contributed by atoms with Crippen molar-refractivity contribution in [1.29, 1.82) is 0 Å². The normalized spacial score (nSPS) is 11.4. The molecule has 0 aliphatic heterocycles. The Bertz CT molecular complexity index is 758. The van der Waals surface area contributed by atoms with Crippen molar-refractivity contribution < 1.29 is 22.7 Å². The summed E-state index contributed by atoms with van der Waals surface area (Å²) in [5.74, 6) is -0.516. The van der Waals surface area contributed by atoms with Crippen molar-refractivity contribution in [2.24, 2.45) is 0 Å². The van der Waals surface area contributed by atoms with Crippen molar-refractivity contribution in [2.45, 2.75) is 18.6 Å². The van der Waals surface area contributed by atoms with Crippen LogP contribution in [0.1, 0.15) is 11.3 Å². The number of methoxy groups -OCH3 is 1. The van der Waals surface area contributed by atoms with Crippen LogP contribution in [0.2, 0.25) is 0 Å². The van der Waals surface area contributed by atoms with Crippen LogP contribution in [-0.4, -0.2) is 30.8 Å². The molecule has 0 unspecified atom stereocenters. The second-order valence-corrected chi connectivity index (χ2v) is 5.84. The van der Waals surface area contributed by atoms with Gasteiger partial charge in [-0.25, -0.2) is 4.39 Å². The third-order valence-corrected chi connectivity index (χ3v) is 4.19. The lowest BCUT2D eigenvalue weighted by molar-refractivity contribution is 0.277. The summed E-state index contributed by atoms with van der Waals surface area (Å²) in [5, 5.41) is 15.1. The molecule has 0 saturated carbocycles. The summed E-state index contributed by atoms with van der Waals surface area (Å²) in [4.78, 5) is 0. The Hall–Kier alpha value is -2.13. The number of ether oxygens (including phenoxy) is 1. The molecule has 0 amide bonds. The number of nitrogens with zero attached hydrogens (tertiary/aromatic N) is 1. The highest BCUT2D eigenvalue weighted by atomic mass is 32.2. The van der Waals surface area contributed by atoms with E-state index < -0.39 is 22.4 Å². The number of aliphatic hydroxyl groups excluding tert-OH is 1. The minimum atomic E-state index is -4.04. The molecule has 2 rings (SSSR count).